The number of hydrogen-bond acceptors (Lipinski definition) is 3. The zero-order chi connectivity index (χ0) is 12.1. The Morgan fingerprint density at radius 1 is 1.35 bits per heavy atom. The van der Waals surface area contributed by atoms with E-state index in [1.54, 1.807) is 0 Å². The molecule has 0 spiro atoms. The molecule has 0 unspecified atom stereocenters. The van der Waals surface area contributed by atoms with Gasteiger partial charge in [0.2, 0.25) is 0 Å². The van der Waals surface area contributed by atoms with E-state index in [0.29, 0.717) is 25.7 Å². The first-order chi connectivity index (χ1) is 8.31. The molecule has 1 aromatic rings. The molecule has 0 amide bonds. The van der Waals surface area contributed by atoms with Crippen LogP contribution in [0.15, 0.2) is 30.3 Å². The molecule has 0 bridgehead atoms. The van der Waals surface area contributed by atoms with Gasteiger partial charge in [-0.15, -0.1) is 0 Å². The molecule has 0 aromatic heterocycles. The molecule has 2 rings (SSSR count). The van der Waals surface area contributed by atoms with Gasteiger partial charge >= 0.3 is 5.97 Å². The van der Waals surface area contributed by atoms with Crippen LogP contribution in [-0.2, 0) is 20.9 Å². The van der Waals surface area contributed by atoms with Crippen LogP contribution in [0.3, 0.4) is 0 Å². The zero-order valence-corrected chi connectivity index (χ0v) is 10.1. The third kappa shape index (κ3) is 3.56. The van der Waals surface area contributed by atoms with Crippen molar-refractivity contribution in [2.45, 2.75) is 20.0 Å². The highest BCUT2D eigenvalue weighted by atomic mass is 16.5. The highest BCUT2D eigenvalue weighted by molar-refractivity contribution is 5.75. The van der Waals surface area contributed by atoms with E-state index in [0.717, 1.165) is 6.42 Å². The van der Waals surface area contributed by atoms with Gasteiger partial charge in [0, 0.05) is 0 Å². The Hall–Kier alpha value is -1.35. The molecular weight excluding hydrogens is 216 g/mol. The van der Waals surface area contributed by atoms with Crippen LogP contribution in [0.2, 0.25) is 0 Å². The van der Waals surface area contributed by atoms with Crippen molar-refractivity contribution in [2.24, 2.45) is 11.8 Å². The van der Waals surface area contributed by atoms with Gasteiger partial charge in [0.05, 0.1) is 25.7 Å². The zero-order valence-electron chi connectivity index (χ0n) is 10.1. The molecule has 2 atom stereocenters. The van der Waals surface area contributed by atoms with Crippen LogP contribution < -0.4 is 0 Å². The van der Waals surface area contributed by atoms with E-state index >= 15 is 0 Å². The Morgan fingerprint density at radius 3 is 2.82 bits per heavy atom. The first-order valence-electron chi connectivity index (χ1n) is 6.09. The molecule has 1 saturated carbocycles. The molecule has 1 aliphatic carbocycles. The molecule has 17 heavy (non-hydrogen) atoms. The van der Waals surface area contributed by atoms with Gasteiger partial charge in [-0.3, -0.25) is 4.79 Å². The summed E-state index contributed by atoms with van der Waals surface area (Å²) in [6, 6.07) is 10.1. The van der Waals surface area contributed by atoms with Crippen molar-refractivity contribution < 1.29 is 14.3 Å². The maximum atomic E-state index is 11.4. The van der Waals surface area contributed by atoms with Crippen molar-refractivity contribution in [2.75, 3.05) is 13.2 Å². The van der Waals surface area contributed by atoms with Gasteiger partial charge in [-0.2, -0.15) is 0 Å². The van der Waals surface area contributed by atoms with Crippen LogP contribution in [0.1, 0.15) is 18.9 Å². The van der Waals surface area contributed by atoms with E-state index in [1.807, 2.05) is 37.3 Å². The second-order valence-corrected chi connectivity index (χ2v) is 4.36. The molecule has 92 valence electrons. The van der Waals surface area contributed by atoms with Crippen molar-refractivity contribution in [3.63, 3.8) is 0 Å². The summed E-state index contributed by atoms with van der Waals surface area (Å²) in [5.41, 5.74) is 1.17. The van der Waals surface area contributed by atoms with E-state index in [9.17, 15) is 4.79 Å². The second kappa shape index (κ2) is 5.82. The largest absolute Gasteiger partial charge is 0.466 e. The summed E-state index contributed by atoms with van der Waals surface area (Å²) in [7, 11) is 0. The second-order valence-electron chi connectivity index (χ2n) is 4.36. The molecule has 0 heterocycles. The predicted molar refractivity (Wildman–Crippen MR) is 64.3 cm³/mol. The Morgan fingerprint density at radius 2 is 2.12 bits per heavy atom. The Labute approximate surface area is 102 Å². The quantitative estimate of drug-likeness (QED) is 0.709. The lowest BCUT2D eigenvalue weighted by Crippen LogP contribution is -2.09. The summed E-state index contributed by atoms with van der Waals surface area (Å²) in [5.74, 6) is 0.365. The van der Waals surface area contributed by atoms with Gasteiger partial charge in [0.1, 0.15) is 0 Å². The molecule has 0 N–H and O–H groups in total. The molecule has 0 saturated heterocycles. The van der Waals surface area contributed by atoms with Gasteiger partial charge in [-0.25, -0.2) is 0 Å². The fourth-order valence-electron chi connectivity index (χ4n) is 1.87. The van der Waals surface area contributed by atoms with Crippen LogP contribution in [0.4, 0.5) is 0 Å². The molecule has 3 heteroatoms. The normalized spacial score (nSPS) is 22.2. The first-order valence-corrected chi connectivity index (χ1v) is 6.09. The summed E-state index contributed by atoms with van der Waals surface area (Å²) in [5, 5.41) is 0. The molecule has 0 radical (unpaired) electrons. The third-order valence-corrected chi connectivity index (χ3v) is 2.96. The number of hydrogen-bond donors (Lipinski definition) is 0. The van der Waals surface area contributed by atoms with Crippen molar-refractivity contribution in [1.29, 1.82) is 0 Å². The van der Waals surface area contributed by atoms with Gasteiger partial charge in [-0.05, 0) is 24.8 Å². The number of rotatable bonds is 6. The maximum Gasteiger partial charge on any atom is 0.309 e. The molecule has 0 aliphatic heterocycles. The maximum absolute atomic E-state index is 11.4. The molecule has 1 aromatic carbocycles. The molecule has 3 nitrogen and oxygen atoms in total. The minimum Gasteiger partial charge on any atom is -0.466 e. The fraction of sp³-hybridized carbons (Fsp3) is 0.500. The Bertz CT molecular complexity index is 361. The predicted octanol–water partition coefficient (Wildman–Crippen LogP) is 2.40. The van der Waals surface area contributed by atoms with Crippen LogP contribution in [0.25, 0.3) is 0 Å². The van der Waals surface area contributed by atoms with E-state index in [4.69, 9.17) is 9.47 Å². The molecule has 1 aliphatic rings. The van der Waals surface area contributed by atoms with Crippen LogP contribution in [0.5, 0.6) is 0 Å². The lowest BCUT2D eigenvalue weighted by atomic mass is 10.2. The van der Waals surface area contributed by atoms with Crippen molar-refractivity contribution in [1.82, 2.24) is 0 Å². The van der Waals surface area contributed by atoms with Gasteiger partial charge in [0.25, 0.3) is 0 Å². The van der Waals surface area contributed by atoms with E-state index in [1.165, 1.54) is 5.56 Å². The SMILES string of the molecule is CCOC(=O)[C@H]1C[C@@H]1COCc1ccccc1. The topological polar surface area (TPSA) is 35.5 Å². The number of ether oxygens (including phenoxy) is 2. The summed E-state index contributed by atoms with van der Waals surface area (Å²) in [6.07, 6.45) is 0.910. The average Bonchev–Trinajstić information content (AvgIpc) is 3.10. The monoisotopic (exact) mass is 234 g/mol. The van der Waals surface area contributed by atoms with Gasteiger partial charge in [-0.1, -0.05) is 30.3 Å². The summed E-state index contributed by atoms with van der Waals surface area (Å²) in [4.78, 5) is 11.4. The summed E-state index contributed by atoms with van der Waals surface area (Å²) in [6.45, 7) is 3.57. The first kappa shape index (κ1) is 12.1. The smallest absolute Gasteiger partial charge is 0.309 e. The number of carbonyl (C=O) groups is 1. The van der Waals surface area contributed by atoms with Crippen LogP contribution >= 0.6 is 0 Å². The highest BCUT2D eigenvalue weighted by Crippen LogP contribution is 2.39. The average molecular weight is 234 g/mol. The fourth-order valence-corrected chi connectivity index (χ4v) is 1.87. The third-order valence-electron chi connectivity index (χ3n) is 2.96. The van der Waals surface area contributed by atoms with Crippen LogP contribution in [-0.4, -0.2) is 19.2 Å². The Kier molecular flexibility index (Phi) is 4.15. The number of carbonyl (C=O) groups excluding carboxylic acids is 1. The lowest BCUT2D eigenvalue weighted by molar-refractivity contribution is -0.145. The summed E-state index contributed by atoms with van der Waals surface area (Å²) < 4.78 is 10.6. The van der Waals surface area contributed by atoms with Crippen molar-refractivity contribution >= 4 is 5.97 Å². The molecule has 1 fully saturated rings. The number of esters is 1. The minimum absolute atomic E-state index is 0.0687. The minimum atomic E-state index is -0.0687. The van der Waals surface area contributed by atoms with Gasteiger partial charge in [0.15, 0.2) is 0 Å². The van der Waals surface area contributed by atoms with E-state index in [-0.39, 0.29) is 11.9 Å². The van der Waals surface area contributed by atoms with Gasteiger partial charge < -0.3 is 9.47 Å². The van der Waals surface area contributed by atoms with Crippen molar-refractivity contribution in [3.8, 4) is 0 Å². The Balaban J connectivity index is 1.63. The number of benzene rings is 1. The van der Waals surface area contributed by atoms with Crippen molar-refractivity contribution in [3.05, 3.63) is 35.9 Å². The highest BCUT2D eigenvalue weighted by Gasteiger charge is 2.44. The summed E-state index contributed by atoms with van der Waals surface area (Å²) >= 11 is 0. The standard InChI is InChI=1S/C14H18O3/c1-2-17-14(15)13-8-12(13)10-16-9-11-6-4-3-5-7-11/h3-7,12-13H,2,8-10H2,1H3/t12-,13+/m1/s1. The van der Waals surface area contributed by atoms with Crippen LogP contribution in [0, 0.1) is 11.8 Å². The molecular formula is C14H18O3. The van der Waals surface area contributed by atoms with E-state index < -0.39 is 0 Å². The van der Waals surface area contributed by atoms with E-state index in [2.05, 4.69) is 0 Å². The lowest BCUT2D eigenvalue weighted by Gasteiger charge is -2.04.